The molecule has 3 N–H and O–H groups in total. The highest BCUT2D eigenvalue weighted by Crippen LogP contribution is 2.13. The van der Waals surface area contributed by atoms with Gasteiger partial charge in [0.2, 0.25) is 5.56 Å². The zero-order chi connectivity index (χ0) is 11.7. The summed E-state index contributed by atoms with van der Waals surface area (Å²) in [5, 5.41) is 18.6. The van der Waals surface area contributed by atoms with Gasteiger partial charge < -0.3 is 20.1 Å². The molecule has 1 aliphatic heterocycles. The monoisotopic (exact) mass is 224 g/mol. The number of nitrogens with zero attached hydrogens (tertiary/aromatic N) is 1. The van der Waals surface area contributed by atoms with E-state index >= 15 is 0 Å². The summed E-state index contributed by atoms with van der Waals surface area (Å²) >= 11 is 0. The van der Waals surface area contributed by atoms with E-state index in [2.05, 4.69) is 4.98 Å². The molecule has 1 fully saturated rings. The molecule has 2 atom stereocenters. The highest BCUT2D eigenvalue weighted by atomic mass is 16.3. The first-order chi connectivity index (χ1) is 7.58. The van der Waals surface area contributed by atoms with Gasteiger partial charge in [0.15, 0.2) is 0 Å². The molecule has 2 heterocycles. The van der Waals surface area contributed by atoms with Crippen LogP contribution in [0.3, 0.4) is 0 Å². The molecule has 0 spiro atoms. The predicted octanol–water partition coefficient (Wildman–Crippen LogP) is -1.45. The Balaban J connectivity index is 2.18. The second-order valence-electron chi connectivity index (χ2n) is 3.79. The topological polar surface area (TPSA) is 93.6 Å². The predicted molar refractivity (Wildman–Crippen MR) is 55.0 cm³/mol. The average molecular weight is 224 g/mol. The van der Waals surface area contributed by atoms with Crippen molar-refractivity contribution < 1.29 is 15.0 Å². The SMILES string of the molecule is O=C(c1cc[nH]c(=O)c1)N1CC(O)C(O)C1. The first-order valence-electron chi connectivity index (χ1n) is 4.92. The van der Waals surface area contributed by atoms with E-state index < -0.39 is 12.2 Å². The summed E-state index contributed by atoms with van der Waals surface area (Å²) < 4.78 is 0. The van der Waals surface area contributed by atoms with E-state index in [1.165, 1.54) is 23.2 Å². The van der Waals surface area contributed by atoms with Gasteiger partial charge >= 0.3 is 0 Å². The Hall–Kier alpha value is -1.66. The van der Waals surface area contributed by atoms with Gasteiger partial charge in [-0.05, 0) is 6.07 Å². The molecule has 86 valence electrons. The van der Waals surface area contributed by atoms with Crippen LogP contribution in [0.4, 0.5) is 0 Å². The number of pyridine rings is 1. The lowest BCUT2D eigenvalue weighted by atomic mass is 10.2. The van der Waals surface area contributed by atoms with Crippen LogP contribution in [0, 0.1) is 0 Å². The lowest BCUT2D eigenvalue weighted by Crippen LogP contribution is -2.30. The molecule has 0 bridgehead atoms. The molecule has 0 aliphatic carbocycles. The lowest BCUT2D eigenvalue weighted by Gasteiger charge is -2.14. The summed E-state index contributed by atoms with van der Waals surface area (Å²) in [5.74, 6) is -0.360. The molecular formula is C10H12N2O4. The quantitative estimate of drug-likeness (QED) is 0.544. The number of H-pyrrole nitrogens is 1. The molecule has 6 nitrogen and oxygen atoms in total. The van der Waals surface area contributed by atoms with Gasteiger partial charge in [-0.2, -0.15) is 0 Å². The van der Waals surface area contributed by atoms with E-state index in [9.17, 15) is 19.8 Å². The standard InChI is InChI=1S/C10H12N2O4/c13-7-4-12(5-8(7)14)10(16)6-1-2-11-9(15)3-6/h1-3,7-8,13-14H,4-5H2,(H,11,15). The van der Waals surface area contributed by atoms with Gasteiger partial charge in [-0.1, -0.05) is 0 Å². The fourth-order valence-electron chi connectivity index (χ4n) is 1.70. The van der Waals surface area contributed by atoms with E-state index in [-0.39, 0.29) is 30.1 Å². The van der Waals surface area contributed by atoms with Crippen LogP contribution in [0.25, 0.3) is 0 Å². The summed E-state index contributed by atoms with van der Waals surface area (Å²) in [5.41, 5.74) is -0.101. The number of nitrogens with one attached hydrogen (secondary N) is 1. The number of aliphatic hydroxyl groups is 2. The summed E-state index contributed by atoms with van der Waals surface area (Å²) in [4.78, 5) is 26.6. The van der Waals surface area contributed by atoms with Gasteiger partial charge in [0, 0.05) is 30.9 Å². The van der Waals surface area contributed by atoms with Crippen molar-refractivity contribution in [2.45, 2.75) is 12.2 Å². The summed E-state index contributed by atoms with van der Waals surface area (Å²) in [6, 6.07) is 2.68. The summed E-state index contributed by atoms with van der Waals surface area (Å²) in [6.45, 7) is 0.180. The fourth-order valence-corrected chi connectivity index (χ4v) is 1.70. The van der Waals surface area contributed by atoms with Crippen molar-refractivity contribution in [3.8, 4) is 0 Å². The summed E-state index contributed by atoms with van der Waals surface area (Å²) in [7, 11) is 0. The highest BCUT2D eigenvalue weighted by molar-refractivity contribution is 5.94. The van der Waals surface area contributed by atoms with Gasteiger partial charge in [-0.25, -0.2) is 0 Å². The van der Waals surface area contributed by atoms with Crippen LogP contribution in [0.1, 0.15) is 10.4 Å². The number of aromatic nitrogens is 1. The van der Waals surface area contributed by atoms with Crippen molar-refractivity contribution in [2.75, 3.05) is 13.1 Å². The summed E-state index contributed by atoms with van der Waals surface area (Å²) in [6.07, 6.45) is -0.435. The van der Waals surface area contributed by atoms with Crippen molar-refractivity contribution >= 4 is 5.91 Å². The third-order valence-electron chi connectivity index (χ3n) is 2.57. The Morgan fingerprint density at radius 1 is 1.38 bits per heavy atom. The molecule has 0 aromatic carbocycles. The molecule has 2 unspecified atom stereocenters. The number of aliphatic hydroxyl groups excluding tert-OH is 2. The van der Waals surface area contributed by atoms with E-state index in [0.29, 0.717) is 0 Å². The van der Waals surface area contributed by atoms with Gasteiger partial charge in [0.1, 0.15) is 0 Å². The van der Waals surface area contributed by atoms with Crippen molar-refractivity contribution in [1.29, 1.82) is 0 Å². The molecule has 1 aliphatic rings. The Labute approximate surface area is 91.1 Å². The molecule has 6 heteroatoms. The third kappa shape index (κ3) is 1.98. The number of carbonyl (C=O) groups is 1. The van der Waals surface area contributed by atoms with Crippen LogP contribution in [-0.4, -0.2) is 51.3 Å². The van der Waals surface area contributed by atoms with Gasteiger partial charge in [-0.3, -0.25) is 9.59 Å². The molecule has 1 aromatic rings. The van der Waals surface area contributed by atoms with Crippen molar-refractivity contribution in [3.63, 3.8) is 0 Å². The maximum atomic E-state index is 11.8. The molecule has 0 radical (unpaired) electrons. The van der Waals surface area contributed by atoms with Crippen LogP contribution < -0.4 is 5.56 Å². The maximum absolute atomic E-state index is 11.8. The van der Waals surface area contributed by atoms with E-state index in [1.807, 2.05) is 0 Å². The number of likely N-dealkylation sites (tertiary alicyclic amines) is 1. The number of hydrogen-bond acceptors (Lipinski definition) is 4. The normalized spacial score (nSPS) is 24.8. The number of carbonyl (C=O) groups excluding carboxylic acids is 1. The number of hydrogen-bond donors (Lipinski definition) is 3. The first-order valence-corrected chi connectivity index (χ1v) is 4.92. The van der Waals surface area contributed by atoms with Gasteiger partial charge in [-0.15, -0.1) is 0 Å². The Morgan fingerprint density at radius 2 is 2.00 bits per heavy atom. The van der Waals surface area contributed by atoms with Crippen LogP contribution >= 0.6 is 0 Å². The highest BCUT2D eigenvalue weighted by Gasteiger charge is 2.32. The smallest absolute Gasteiger partial charge is 0.254 e. The van der Waals surface area contributed by atoms with Crippen LogP contribution in [0.2, 0.25) is 0 Å². The number of β-amino-alcohol motifs (C(OH)–C–C–N with tert-alkyl or cyclic N) is 2. The van der Waals surface area contributed by atoms with Crippen molar-refractivity contribution in [3.05, 3.63) is 34.2 Å². The minimum atomic E-state index is -0.911. The molecule has 16 heavy (non-hydrogen) atoms. The molecule has 2 rings (SSSR count). The lowest BCUT2D eigenvalue weighted by molar-refractivity contribution is 0.0572. The maximum Gasteiger partial charge on any atom is 0.254 e. The molecule has 1 amide bonds. The minimum Gasteiger partial charge on any atom is -0.388 e. The van der Waals surface area contributed by atoms with Crippen molar-refractivity contribution in [2.24, 2.45) is 0 Å². The van der Waals surface area contributed by atoms with Gasteiger partial charge in [0.05, 0.1) is 12.2 Å². The molecule has 1 saturated heterocycles. The van der Waals surface area contributed by atoms with E-state index in [4.69, 9.17) is 0 Å². The number of aromatic amines is 1. The number of amides is 1. The Bertz CT molecular complexity index is 446. The molecule has 1 aromatic heterocycles. The van der Waals surface area contributed by atoms with Crippen molar-refractivity contribution in [1.82, 2.24) is 9.88 Å². The second-order valence-corrected chi connectivity index (χ2v) is 3.79. The Morgan fingerprint density at radius 3 is 2.56 bits per heavy atom. The molecular weight excluding hydrogens is 212 g/mol. The minimum absolute atomic E-state index is 0.0901. The van der Waals surface area contributed by atoms with Crippen LogP contribution in [0.5, 0.6) is 0 Å². The zero-order valence-electron chi connectivity index (χ0n) is 8.46. The van der Waals surface area contributed by atoms with E-state index in [1.54, 1.807) is 0 Å². The van der Waals surface area contributed by atoms with E-state index in [0.717, 1.165) is 0 Å². The average Bonchev–Trinajstić information content (AvgIpc) is 2.58. The first kappa shape index (κ1) is 10.8. The van der Waals surface area contributed by atoms with Gasteiger partial charge in [0.25, 0.3) is 5.91 Å². The van der Waals surface area contributed by atoms with Crippen LogP contribution in [0.15, 0.2) is 23.1 Å². The Kier molecular flexibility index (Phi) is 2.76. The van der Waals surface area contributed by atoms with Crippen LogP contribution in [-0.2, 0) is 0 Å². The third-order valence-corrected chi connectivity index (χ3v) is 2.57. The largest absolute Gasteiger partial charge is 0.388 e. The second kappa shape index (κ2) is 4.07. The molecule has 0 saturated carbocycles. The fraction of sp³-hybridized carbons (Fsp3) is 0.400. The number of rotatable bonds is 1. The zero-order valence-corrected chi connectivity index (χ0v) is 8.46.